The molecule has 28 heavy (non-hydrogen) atoms. The number of carbonyl (C=O) groups is 1. The highest BCUT2D eigenvalue weighted by Crippen LogP contribution is 2.23. The van der Waals surface area contributed by atoms with Crippen molar-refractivity contribution >= 4 is 23.0 Å². The van der Waals surface area contributed by atoms with Crippen LogP contribution in [0.5, 0.6) is 0 Å². The van der Waals surface area contributed by atoms with E-state index in [1.165, 1.54) is 11.3 Å². The van der Waals surface area contributed by atoms with E-state index in [1.807, 2.05) is 24.3 Å². The van der Waals surface area contributed by atoms with Crippen molar-refractivity contribution in [3.05, 3.63) is 54.1 Å². The van der Waals surface area contributed by atoms with E-state index in [1.54, 1.807) is 0 Å². The molecule has 1 aliphatic heterocycles. The van der Waals surface area contributed by atoms with Crippen LogP contribution in [-0.2, 0) is 10.2 Å². The van der Waals surface area contributed by atoms with Crippen molar-refractivity contribution < 1.29 is 4.79 Å². The predicted octanol–water partition coefficient (Wildman–Crippen LogP) is 3.79. The van der Waals surface area contributed by atoms with Crippen LogP contribution in [0.2, 0.25) is 0 Å². The Morgan fingerprint density at radius 2 is 1.46 bits per heavy atom. The first-order valence-electron chi connectivity index (χ1n) is 9.99. The zero-order valence-electron chi connectivity index (χ0n) is 17.5. The number of piperazine rings is 1. The van der Waals surface area contributed by atoms with E-state index in [0.29, 0.717) is 0 Å². The summed E-state index contributed by atoms with van der Waals surface area (Å²) in [6.07, 6.45) is 0. The summed E-state index contributed by atoms with van der Waals surface area (Å²) in [6.45, 7) is 11.1. The second-order valence-electron chi connectivity index (χ2n) is 8.57. The number of nitrogens with zero attached hydrogens (tertiary/aromatic N) is 2. The van der Waals surface area contributed by atoms with Gasteiger partial charge in [0, 0.05) is 43.2 Å². The SMILES string of the molecule is CN1CCN(c2ccc(NCC(=O)Nc3ccc(C(C)(C)C)cc3)cc2)CC1. The first-order valence-corrected chi connectivity index (χ1v) is 9.99. The third-order valence-electron chi connectivity index (χ3n) is 5.22. The number of carbonyl (C=O) groups excluding carboxylic acids is 1. The molecule has 1 saturated heterocycles. The van der Waals surface area contributed by atoms with E-state index in [4.69, 9.17) is 0 Å². The average Bonchev–Trinajstić information content (AvgIpc) is 2.67. The summed E-state index contributed by atoms with van der Waals surface area (Å²) in [5.74, 6) is -0.0494. The van der Waals surface area contributed by atoms with E-state index >= 15 is 0 Å². The van der Waals surface area contributed by atoms with Crippen LogP contribution in [0, 0.1) is 0 Å². The lowest BCUT2D eigenvalue weighted by atomic mass is 9.87. The Bertz CT molecular complexity index is 770. The second-order valence-corrected chi connectivity index (χ2v) is 8.57. The number of anilines is 3. The second kappa shape index (κ2) is 8.65. The lowest BCUT2D eigenvalue weighted by Gasteiger charge is -2.34. The summed E-state index contributed by atoms with van der Waals surface area (Å²) in [5, 5.41) is 6.14. The molecular weight excluding hydrogens is 348 g/mol. The predicted molar refractivity (Wildman–Crippen MR) is 118 cm³/mol. The van der Waals surface area contributed by atoms with Gasteiger partial charge < -0.3 is 20.4 Å². The van der Waals surface area contributed by atoms with Crippen molar-refractivity contribution in [2.24, 2.45) is 0 Å². The van der Waals surface area contributed by atoms with Crippen molar-refractivity contribution in [2.45, 2.75) is 26.2 Å². The normalized spacial score (nSPS) is 15.4. The molecule has 0 bridgehead atoms. The molecule has 5 nitrogen and oxygen atoms in total. The average molecular weight is 381 g/mol. The Labute approximate surface area is 168 Å². The zero-order valence-corrected chi connectivity index (χ0v) is 17.5. The van der Waals surface area contributed by atoms with Crippen molar-refractivity contribution in [1.29, 1.82) is 0 Å². The molecule has 2 N–H and O–H groups in total. The highest BCUT2D eigenvalue weighted by atomic mass is 16.1. The van der Waals surface area contributed by atoms with Gasteiger partial charge in [-0.15, -0.1) is 0 Å². The lowest BCUT2D eigenvalue weighted by molar-refractivity contribution is -0.114. The fourth-order valence-electron chi connectivity index (χ4n) is 3.30. The topological polar surface area (TPSA) is 47.6 Å². The van der Waals surface area contributed by atoms with Crippen molar-refractivity contribution in [1.82, 2.24) is 4.90 Å². The molecule has 0 unspecified atom stereocenters. The quantitative estimate of drug-likeness (QED) is 0.829. The third-order valence-corrected chi connectivity index (χ3v) is 5.22. The fraction of sp³-hybridized carbons (Fsp3) is 0.435. The number of hydrogen-bond acceptors (Lipinski definition) is 4. The fourth-order valence-corrected chi connectivity index (χ4v) is 3.30. The maximum absolute atomic E-state index is 12.2. The van der Waals surface area contributed by atoms with Gasteiger partial charge in [-0.25, -0.2) is 0 Å². The summed E-state index contributed by atoms with van der Waals surface area (Å²) < 4.78 is 0. The first-order chi connectivity index (χ1) is 13.3. The van der Waals surface area contributed by atoms with Gasteiger partial charge in [0.1, 0.15) is 0 Å². The zero-order chi connectivity index (χ0) is 20.1. The molecule has 3 rings (SSSR count). The van der Waals surface area contributed by atoms with Crippen LogP contribution in [-0.4, -0.2) is 50.6 Å². The summed E-state index contributed by atoms with van der Waals surface area (Å²) in [4.78, 5) is 17.0. The molecule has 0 radical (unpaired) electrons. The maximum atomic E-state index is 12.2. The van der Waals surface area contributed by atoms with Gasteiger partial charge in [0.2, 0.25) is 5.91 Å². The maximum Gasteiger partial charge on any atom is 0.243 e. The molecule has 0 aromatic heterocycles. The van der Waals surface area contributed by atoms with Gasteiger partial charge in [0.15, 0.2) is 0 Å². The Hall–Kier alpha value is -2.53. The largest absolute Gasteiger partial charge is 0.376 e. The minimum Gasteiger partial charge on any atom is -0.376 e. The van der Waals surface area contributed by atoms with Gasteiger partial charge in [0.05, 0.1) is 6.54 Å². The standard InChI is InChI=1S/C23H32N4O/c1-23(2,3)18-5-7-20(8-6-18)25-22(28)17-24-19-9-11-21(12-10-19)27-15-13-26(4)14-16-27/h5-12,24H,13-17H2,1-4H3,(H,25,28). The van der Waals surface area contributed by atoms with Crippen LogP contribution in [0.25, 0.3) is 0 Å². The van der Waals surface area contributed by atoms with E-state index in [2.05, 4.69) is 72.5 Å². The minimum atomic E-state index is -0.0494. The number of rotatable bonds is 5. The van der Waals surface area contributed by atoms with Crippen LogP contribution >= 0.6 is 0 Å². The molecule has 2 aromatic carbocycles. The smallest absolute Gasteiger partial charge is 0.243 e. The number of hydrogen-bond donors (Lipinski definition) is 2. The molecule has 2 aromatic rings. The summed E-state index contributed by atoms with van der Waals surface area (Å²) >= 11 is 0. The lowest BCUT2D eigenvalue weighted by Crippen LogP contribution is -2.44. The monoisotopic (exact) mass is 380 g/mol. The number of amides is 1. The van der Waals surface area contributed by atoms with Crippen molar-refractivity contribution in [2.75, 3.05) is 55.3 Å². The van der Waals surface area contributed by atoms with Crippen molar-refractivity contribution in [3.63, 3.8) is 0 Å². The molecular formula is C23H32N4O. The van der Waals surface area contributed by atoms with Crippen LogP contribution in [0.1, 0.15) is 26.3 Å². The summed E-state index contributed by atoms with van der Waals surface area (Å²) in [7, 11) is 2.16. The van der Waals surface area contributed by atoms with Crippen molar-refractivity contribution in [3.8, 4) is 0 Å². The third kappa shape index (κ3) is 5.49. The van der Waals surface area contributed by atoms with Gasteiger partial charge in [-0.05, 0) is 54.4 Å². The van der Waals surface area contributed by atoms with Crippen LogP contribution < -0.4 is 15.5 Å². The van der Waals surface area contributed by atoms with Gasteiger partial charge in [-0.1, -0.05) is 32.9 Å². The minimum absolute atomic E-state index is 0.0494. The van der Waals surface area contributed by atoms with Crippen LogP contribution in [0.4, 0.5) is 17.1 Å². The first kappa shape index (κ1) is 20.2. The van der Waals surface area contributed by atoms with Gasteiger partial charge >= 0.3 is 0 Å². The summed E-state index contributed by atoms with van der Waals surface area (Å²) in [6, 6.07) is 16.4. The molecule has 0 spiro atoms. The Balaban J connectivity index is 1.48. The number of nitrogens with one attached hydrogen (secondary N) is 2. The van der Waals surface area contributed by atoms with Gasteiger partial charge in [-0.3, -0.25) is 4.79 Å². The highest BCUT2D eigenvalue weighted by molar-refractivity contribution is 5.93. The van der Waals surface area contributed by atoms with E-state index in [9.17, 15) is 4.79 Å². The van der Waals surface area contributed by atoms with Crippen LogP contribution in [0.15, 0.2) is 48.5 Å². The molecule has 150 valence electrons. The summed E-state index contributed by atoms with van der Waals surface area (Å²) in [5.41, 5.74) is 4.38. The van der Waals surface area contributed by atoms with E-state index < -0.39 is 0 Å². The Kier molecular flexibility index (Phi) is 6.25. The molecule has 1 aliphatic rings. The molecule has 0 saturated carbocycles. The molecule has 0 aliphatic carbocycles. The molecule has 1 fully saturated rings. The van der Waals surface area contributed by atoms with E-state index in [-0.39, 0.29) is 17.9 Å². The Morgan fingerprint density at radius 3 is 2.04 bits per heavy atom. The van der Waals surface area contributed by atoms with E-state index in [0.717, 1.165) is 37.6 Å². The molecule has 0 atom stereocenters. The molecule has 5 heteroatoms. The molecule has 1 amide bonds. The molecule has 1 heterocycles. The highest BCUT2D eigenvalue weighted by Gasteiger charge is 2.14. The van der Waals surface area contributed by atoms with Gasteiger partial charge in [0.25, 0.3) is 0 Å². The number of likely N-dealkylation sites (N-methyl/N-ethyl adjacent to an activating group) is 1. The number of benzene rings is 2. The van der Waals surface area contributed by atoms with Gasteiger partial charge in [-0.2, -0.15) is 0 Å². The Morgan fingerprint density at radius 1 is 0.893 bits per heavy atom. The van der Waals surface area contributed by atoms with Crippen LogP contribution in [0.3, 0.4) is 0 Å².